The van der Waals surface area contributed by atoms with Crippen molar-refractivity contribution in [3.8, 4) is 12.0 Å². The van der Waals surface area contributed by atoms with Gasteiger partial charge in [0.25, 0.3) is 5.91 Å². The van der Waals surface area contributed by atoms with Gasteiger partial charge in [0.05, 0.1) is 0 Å². The molecule has 3 aromatic rings. The zero-order chi connectivity index (χ0) is 20.6. The zero-order valence-electron chi connectivity index (χ0n) is 16.1. The van der Waals surface area contributed by atoms with Gasteiger partial charge in [-0.3, -0.25) is 9.36 Å². The standard InChI is InChI=1S/C22H21N3O4/c1-16-20(18(14-23)21(29-16)25-12-5-6-13-25)22(27)28-15-19(26)24-11-7-10-17-8-3-2-4-9-17/h2-6,8-9,12-13H,7,10-11,15H2,1H3,(H,24,26). The quantitative estimate of drug-likeness (QED) is 0.470. The van der Waals surface area contributed by atoms with Crippen molar-refractivity contribution in [1.29, 1.82) is 5.26 Å². The SMILES string of the molecule is Cc1oc(-n2cccc2)c(C#N)c1C(=O)OCC(=O)NCCCc1ccccc1. The molecule has 1 aromatic carbocycles. The Morgan fingerprint density at radius 2 is 1.90 bits per heavy atom. The third-order valence-electron chi connectivity index (χ3n) is 4.36. The highest BCUT2D eigenvalue weighted by atomic mass is 16.5. The van der Waals surface area contributed by atoms with Gasteiger partial charge in [0.15, 0.2) is 6.61 Å². The van der Waals surface area contributed by atoms with E-state index in [0.29, 0.717) is 6.54 Å². The number of nitrogens with zero attached hydrogens (tertiary/aromatic N) is 2. The molecule has 1 amide bonds. The predicted molar refractivity (Wildman–Crippen MR) is 106 cm³/mol. The molecule has 2 aromatic heterocycles. The summed E-state index contributed by atoms with van der Waals surface area (Å²) in [6, 6.07) is 15.5. The van der Waals surface area contributed by atoms with E-state index in [1.165, 1.54) is 5.56 Å². The Labute approximate surface area is 168 Å². The fourth-order valence-electron chi connectivity index (χ4n) is 2.95. The van der Waals surface area contributed by atoms with E-state index in [4.69, 9.17) is 9.15 Å². The summed E-state index contributed by atoms with van der Waals surface area (Å²) in [6.07, 6.45) is 5.04. The lowest BCUT2D eigenvalue weighted by Crippen LogP contribution is -2.30. The molecule has 0 aliphatic carbocycles. The van der Waals surface area contributed by atoms with E-state index in [1.54, 1.807) is 36.0 Å². The number of carbonyl (C=O) groups excluding carboxylic acids is 2. The zero-order valence-corrected chi connectivity index (χ0v) is 16.1. The highest BCUT2D eigenvalue weighted by Gasteiger charge is 2.26. The van der Waals surface area contributed by atoms with E-state index in [-0.39, 0.29) is 22.8 Å². The molecule has 0 radical (unpaired) electrons. The first kappa shape index (κ1) is 20.0. The second-order valence-electron chi connectivity index (χ2n) is 6.43. The molecule has 0 bridgehead atoms. The summed E-state index contributed by atoms with van der Waals surface area (Å²) < 4.78 is 12.3. The molecule has 7 nitrogen and oxygen atoms in total. The molecule has 0 saturated carbocycles. The minimum atomic E-state index is -0.763. The van der Waals surface area contributed by atoms with E-state index in [2.05, 4.69) is 5.32 Å². The van der Waals surface area contributed by atoms with Crippen molar-refractivity contribution in [2.75, 3.05) is 13.2 Å². The number of ether oxygens (including phenoxy) is 1. The topological polar surface area (TPSA) is 97.3 Å². The second kappa shape index (κ2) is 9.42. The third kappa shape index (κ3) is 4.93. The summed E-state index contributed by atoms with van der Waals surface area (Å²) in [7, 11) is 0. The predicted octanol–water partition coefficient (Wildman–Crippen LogP) is 3.16. The normalized spacial score (nSPS) is 10.3. The van der Waals surface area contributed by atoms with Crippen LogP contribution in [0.2, 0.25) is 0 Å². The van der Waals surface area contributed by atoms with Gasteiger partial charge >= 0.3 is 5.97 Å². The number of amides is 1. The molecule has 29 heavy (non-hydrogen) atoms. The van der Waals surface area contributed by atoms with Crippen LogP contribution in [0.1, 0.15) is 33.7 Å². The van der Waals surface area contributed by atoms with Crippen LogP contribution in [0.25, 0.3) is 5.88 Å². The maximum absolute atomic E-state index is 12.4. The Balaban J connectivity index is 1.51. The van der Waals surface area contributed by atoms with Crippen molar-refractivity contribution in [3.63, 3.8) is 0 Å². The highest BCUT2D eigenvalue weighted by molar-refractivity contribution is 5.95. The van der Waals surface area contributed by atoms with E-state index >= 15 is 0 Å². The summed E-state index contributed by atoms with van der Waals surface area (Å²) >= 11 is 0. The van der Waals surface area contributed by atoms with Crippen molar-refractivity contribution in [1.82, 2.24) is 9.88 Å². The molecule has 1 N–H and O–H groups in total. The Kier molecular flexibility index (Phi) is 6.48. The van der Waals surface area contributed by atoms with E-state index in [9.17, 15) is 14.9 Å². The summed E-state index contributed by atoms with van der Waals surface area (Å²) in [6.45, 7) is 1.64. The molecule has 3 rings (SSSR count). The molecule has 0 spiro atoms. The number of furan rings is 1. The van der Waals surface area contributed by atoms with Gasteiger partial charge in [0.1, 0.15) is 23.0 Å². The molecule has 7 heteroatoms. The maximum atomic E-state index is 12.4. The summed E-state index contributed by atoms with van der Waals surface area (Å²) in [4.78, 5) is 24.4. The molecular weight excluding hydrogens is 370 g/mol. The van der Waals surface area contributed by atoms with E-state index in [0.717, 1.165) is 12.8 Å². The molecule has 2 heterocycles. The number of aromatic nitrogens is 1. The van der Waals surface area contributed by atoms with Crippen molar-refractivity contribution in [2.45, 2.75) is 19.8 Å². The van der Waals surface area contributed by atoms with Crippen LogP contribution in [0.3, 0.4) is 0 Å². The van der Waals surface area contributed by atoms with Gasteiger partial charge in [-0.05, 0) is 37.5 Å². The van der Waals surface area contributed by atoms with Crippen molar-refractivity contribution < 1.29 is 18.7 Å². The second-order valence-corrected chi connectivity index (χ2v) is 6.43. The number of hydrogen-bond donors (Lipinski definition) is 1. The summed E-state index contributed by atoms with van der Waals surface area (Å²) in [5.41, 5.74) is 1.31. The van der Waals surface area contributed by atoms with E-state index in [1.807, 2.05) is 36.4 Å². The molecule has 0 saturated heterocycles. The van der Waals surface area contributed by atoms with Gasteiger partial charge in [-0.2, -0.15) is 5.26 Å². The number of esters is 1. The molecule has 0 unspecified atom stereocenters. The lowest BCUT2D eigenvalue weighted by atomic mass is 10.1. The fourth-order valence-corrected chi connectivity index (χ4v) is 2.95. The molecule has 148 valence electrons. The van der Waals surface area contributed by atoms with Gasteiger partial charge in [-0.1, -0.05) is 30.3 Å². The largest absolute Gasteiger partial charge is 0.452 e. The van der Waals surface area contributed by atoms with Crippen LogP contribution < -0.4 is 5.32 Å². The maximum Gasteiger partial charge on any atom is 0.343 e. The minimum Gasteiger partial charge on any atom is -0.452 e. The van der Waals surface area contributed by atoms with E-state index < -0.39 is 18.5 Å². The van der Waals surface area contributed by atoms with Crippen molar-refractivity contribution >= 4 is 11.9 Å². The summed E-state index contributed by atoms with van der Waals surface area (Å²) in [5.74, 6) is -0.650. The number of benzene rings is 1. The number of aryl methyl sites for hydroxylation is 2. The smallest absolute Gasteiger partial charge is 0.343 e. The molecule has 0 atom stereocenters. The number of nitriles is 1. The van der Waals surface area contributed by atoms with Gasteiger partial charge in [0, 0.05) is 18.9 Å². The van der Waals surface area contributed by atoms with Crippen LogP contribution in [0, 0.1) is 18.3 Å². The summed E-state index contributed by atoms with van der Waals surface area (Å²) in [5, 5.41) is 12.2. The van der Waals surface area contributed by atoms with Crippen LogP contribution in [0.4, 0.5) is 0 Å². The first-order valence-corrected chi connectivity index (χ1v) is 9.24. The Hall–Kier alpha value is -3.79. The highest BCUT2D eigenvalue weighted by Crippen LogP contribution is 2.26. The first-order valence-electron chi connectivity index (χ1n) is 9.24. The van der Waals surface area contributed by atoms with Crippen LogP contribution in [0.5, 0.6) is 0 Å². The number of carbonyl (C=O) groups is 2. The van der Waals surface area contributed by atoms with Crippen molar-refractivity contribution in [3.05, 3.63) is 77.3 Å². The molecule has 0 fully saturated rings. The van der Waals surface area contributed by atoms with Crippen molar-refractivity contribution in [2.24, 2.45) is 0 Å². The molecular formula is C22H21N3O4. The monoisotopic (exact) mass is 391 g/mol. The minimum absolute atomic E-state index is 0.0353. The van der Waals surface area contributed by atoms with Crippen LogP contribution >= 0.6 is 0 Å². The molecule has 0 aliphatic rings. The number of rotatable bonds is 8. The Bertz CT molecular complexity index is 1010. The van der Waals surface area contributed by atoms with Gasteiger partial charge in [-0.25, -0.2) is 4.79 Å². The Morgan fingerprint density at radius 1 is 1.17 bits per heavy atom. The molecule has 0 aliphatic heterocycles. The average molecular weight is 391 g/mol. The van der Waals surface area contributed by atoms with Gasteiger partial charge < -0.3 is 14.5 Å². The third-order valence-corrected chi connectivity index (χ3v) is 4.36. The first-order chi connectivity index (χ1) is 14.1. The van der Waals surface area contributed by atoms with Crippen LogP contribution in [-0.2, 0) is 16.0 Å². The van der Waals surface area contributed by atoms with Crippen LogP contribution in [0.15, 0.2) is 59.3 Å². The fraction of sp³-hybridized carbons (Fsp3) is 0.227. The lowest BCUT2D eigenvalue weighted by molar-refractivity contribution is -0.124. The lowest BCUT2D eigenvalue weighted by Gasteiger charge is -2.06. The Morgan fingerprint density at radius 3 is 2.59 bits per heavy atom. The number of nitrogens with one attached hydrogen (secondary N) is 1. The average Bonchev–Trinajstić information content (AvgIpc) is 3.37. The number of hydrogen-bond acceptors (Lipinski definition) is 5. The van der Waals surface area contributed by atoms with Gasteiger partial charge in [0.2, 0.25) is 5.88 Å². The van der Waals surface area contributed by atoms with Crippen LogP contribution in [-0.4, -0.2) is 29.6 Å². The van der Waals surface area contributed by atoms with Gasteiger partial charge in [-0.15, -0.1) is 0 Å².